The fourth-order valence-corrected chi connectivity index (χ4v) is 7.23. The molecule has 35 nitrogen and oxygen atoms in total. The molecule has 12 heterocycles. The summed E-state index contributed by atoms with van der Waals surface area (Å²) in [6.07, 6.45) is -2.32. The molecular formula is C47H54N16O19. The van der Waals surface area contributed by atoms with Crippen LogP contribution in [0, 0.1) is 0 Å². The van der Waals surface area contributed by atoms with Crippen molar-refractivity contribution < 1.29 is 73.6 Å². The molecule has 12 rings (SSSR count). The lowest BCUT2D eigenvalue weighted by Crippen LogP contribution is -2.51. The van der Waals surface area contributed by atoms with Gasteiger partial charge >= 0.3 is 0 Å². The minimum atomic E-state index is -1.28. The van der Waals surface area contributed by atoms with Gasteiger partial charge in [0.1, 0.15) is 39.5 Å². The van der Waals surface area contributed by atoms with E-state index in [1.165, 1.54) is 33.8 Å². The Kier molecular flexibility index (Phi) is 19.4. The van der Waals surface area contributed by atoms with Gasteiger partial charge in [-0.05, 0) is 62.4 Å². The monoisotopic (exact) mass is 1150 g/mol. The summed E-state index contributed by atoms with van der Waals surface area (Å²) in [7, 11) is 0. The van der Waals surface area contributed by atoms with Gasteiger partial charge in [0.15, 0.2) is 0 Å². The van der Waals surface area contributed by atoms with Crippen molar-refractivity contribution in [3.8, 4) is 0 Å². The second kappa shape index (κ2) is 25.9. The third kappa shape index (κ3) is 14.2. The van der Waals surface area contributed by atoms with Crippen LogP contribution in [-0.4, -0.2) is 177 Å². The molecule has 436 valence electrons. The Balaban J connectivity index is 0.000000301. The molecule has 0 radical (unpaired) electrons. The quantitative estimate of drug-likeness (QED) is 0.0733. The number of nitrogens with zero attached hydrogens (tertiary/aromatic N) is 8. The van der Waals surface area contributed by atoms with Crippen LogP contribution >= 0.6 is 0 Å². The zero-order chi connectivity index (χ0) is 61.2. The molecule has 0 fully saturated rings. The van der Waals surface area contributed by atoms with Crippen LogP contribution in [-0.2, 0) is 19.2 Å². The van der Waals surface area contributed by atoms with Gasteiger partial charge in [-0.2, -0.15) is 0 Å². The van der Waals surface area contributed by atoms with Gasteiger partial charge in [-0.25, -0.2) is 0 Å². The highest BCUT2D eigenvalue weighted by molar-refractivity contribution is 6.00. The van der Waals surface area contributed by atoms with Gasteiger partial charge in [-0.1, -0.05) is 6.58 Å². The number of hydrogen-bond donors (Lipinski definition) is 12. The molecule has 8 aliphatic heterocycles. The summed E-state index contributed by atoms with van der Waals surface area (Å²) in [5.74, 6) is -9.40. The van der Waals surface area contributed by atoms with E-state index in [2.05, 4.69) is 49.1 Å². The summed E-state index contributed by atoms with van der Waals surface area (Å²) in [6.45, 7) is 8.50. The van der Waals surface area contributed by atoms with E-state index in [0.29, 0.717) is 0 Å². The standard InChI is InChI=1S/C24H28N8O9.C23H26N8O10/c1-12-16-5-7-18(31(40)23(16)38)21(36)27-13(2)28-22(37)19-8-6-17(24(39)32(19)41)20(35)26-10-30(15(4)34)11-29(9-25-12)14(3)33;1-11-26-18(34)14-4-6-16(30(40)22(14)38)20(36)24-8-28(12(2)32)10-29(13(3)33)9-25-21(37)17-7-5-15(19(35)27-11)23(39)31(17)41/h5-8,13,25,40-41H,1,9-11H2,2-4H3,(H,26,35)(H,27,36)(H,28,37);4-7,11,40-41H,8-10H2,1-3H3,(H,24,36)(H,25,37)(H,26,34)(H,27,35). The Hall–Kier alpha value is -11.3. The van der Waals surface area contributed by atoms with E-state index in [1.807, 2.05) is 0 Å². The molecule has 0 aromatic carbocycles. The maximum Gasteiger partial charge on any atom is 0.296 e. The maximum absolute atomic E-state index is 12.7. The first-order chi connectivity index (χ1) is 38.4. The molecular weight excluding hydrogens is 1090 g/mol. The lowest BCUT2D eigenvalue weighted by molar-refractivity contribution is -0.139. The van der Waals surface area contributed by atoms with Crippen molar-refractivity contribution in [2.24, 2.45) is 0 Å². The van der Waals surface area contributed by atoms with Gasteiger partial charge in [-0.15, -0.1) is 18.9 Å². The SMILES string of the molecule is C=C1NCN(C(C)=O)CN(C(C)=O)CNC(=O)c2ccc(n(O)c2=O)C(=O)NC(C)NC(=O)c2ccc1c(=O)n2O.CC(=O)N1CNC(=O)c2ccc(c(=O)n2O)C(=O)NC(C)NC(=O)c2ccc(n(O)c2=O)C(=O)NCN(C(C)=O)C1. The Labute approximate surface area is 459 Å². The van der Waals surface area contributed by atoms with Crippen molar-refractivity contribution in [1.82, 2.24) is 81.1 Å². The van der Waals surface area contributed by atoms with E-state index in [0.717, 1.165) is 75.9 Å². The Morgan fingerprint density at radius 1 is 0.378 bits per heavy atom. The van der Waals surface area contributed by atoms with E-state index in [9.17, 15) is 92.7 Å². The molecule has 0 aliphatic carbocycles. The van der Waals surface area contributed by atoms with Crippen molar-refractivity contribution in [2.45, 2.75) is 53.9 Å². The highest BCUT2D eigenvalue weighted by atomic mass is 16.5. The van der Waals surface area contributed by atoms with Crippen LogP contribution in [0.15, 0.2) is 74.3 Å². The predicted molar refractivity (Wildman–Crippen MR) is 274 cm³/mol. The first kappa shape index (κ1) is 61.6. The van der Waals surface area contributed by atoms with Crippen LogP contribution in [0.3, 0.4) is 0 Å². The van der Waals surface area contributed by atoms with Crippen molar-refractivity contribution in [1.29, 1.82) is 0 Å². The lowest BCUT2D eigenvalue weighted by atomic mass is 10.2. The van der Waals surface area contributed by atoms with Crippen LogP contribution in [0.5, 0.6) is 0 Å². The van der Waals surface area contributed by atoms with Crippen molar-refractivity contribution in [2.75, 3.05) is 40.0 Å². The molecule has 11 amide bonds. The van der Waals surface area contributed by atoms with Gasteiger partial charge in [0.25, 0.3) is 63.6 Å². The van der Waals surface area contributed by atoms with Crippen molar-refractivity contribution in [3.63, 3.8) is 0 Å². The van der Waals surface area contributed by atoms with E-state index < -0.39 is 166 Å². The number of nitrogens with one attached hydrogen (secondary N) is 8. The third-order valence-corrected chi connectivity index (χ3v) is 11.9. The van der Waals surface area contributed by atoms with Crippen molar-refractivity contribution >= 4 is 70.7 Å². The third-order valence-electron chi connectivity index (χ3n) is 11.9. The smallest absolute Gasteiger partial charge is 0.296 e. The molecule has 4 aromatic heterocycles. The number of aromatic nitrogens is 4. The summed E-state index contributed by atoms with van der Waals surface area (Å²) in [6, 6.07) is 8.11. The van der Waals surface area contributed by atoms with Gasteiger partial charge in [0.05, 0.1) is 57.9 Å². The van der Waals surface area contributed by atoms with Crippen LogP contribution in [0.2, 0.25) is 0 Å². The molecule has 8 aliphatic rings. The van der Waals surface area contributed by atoms with Crippen LogP contribution in [0.1, 0.15) is 120 Å². The topological polar surface area (TPSA) is 466 Å². The van der Waals surface area contributed by atoms with Crippen molar-refractivity contribution in [3.05, 3.63) is 142 Å². The van der Waals surface area contributed by atoms with E-state index in [1.54, 1.807) is 0 Å². The number of carbonyl (C=O) groups excluding carboxylic acids is 11. The Bertz CT molecular complexity index is 3360. The molecule has 4 aromatic rings. The number of carbonyl (C=O) groups is 11. The maximum atomic E-state index is 12.7. The minimum Gasteiger partial charge on any atom is -0.425 e. The number of amides is 11. The fourth-order valence-electron chi connectivity index (χ4n) is 7.23. The Morgan fingerprint density at radius 3 is 0.939 bits per heavy atom. The average Bonchev–Trinajstić information content (AvgIpc) is 3.50. The fraction of sp³-hybridized carbons (Fsp3) is 0.298. The lowest BCUT2D eigenvalue weighted by Gasteiger charge is -2.30. The molecule has 82 heavy (non-hydrogen) atoms. The van der Waals surface area contributed by atoms with Crippen LogP contribution < -0.4 is 64.8 Å². The molecule has 12 N–H and O–H groups in total. The van der Waals surface area contributed by atoms with Gasteiger partial charge in [0.2, 0.25) is 23.6 Å². The van der Waals surface area contributed by atoms with Crippen LogP contribution in [0.4, 0.5) is 0 Å². The first-order valence-electron chi connectivity index (χ1n) is 23.8. The van der Waals surface area contributed by atoms with Gasteiger partial charge < -0.3 is 83.0 Å². The highest BCUT2D eigenvalue weighted by Gasteiger charge is 2.28. The summed E-state index contributed by atoms with van der Waals surface area (Å²) in [5, 5.41) is 59.9. The summed E-state index contributed by atoms with van der Waals surface area (Å²) >= 11 is 0. The second-order valence-electron chi connectivity index (χ2n) is 17.7. The van der Waals surface area contributed by atoms with Crippen LogP contribution in [0.25, 0.3) is 5.70 Å². The highest BCUT2D eigenvalue weighted by Crippen LogP contribution is 2.09. The van der Waals surface area contributed by atoms with E-state index in [4.69, 9.17) is 0 Å². The number of pyridine rings is 4. The summed E-state index contributed by atoms with van der Waals surface area (Å²) < 4.78 is -0.153. The van der Waals surface area contributed by atoms with E-state index >= 15 is 0 Å². The zero-order valence-electron chi connectivity index (χ0n) is 44.2. The molecule has 35 heteroatoms. The summed E-state index contributed by atoms with van der Waals surface area (Å²) in [4.78, 5) is 192. The first-order valence-corrected chi connectivity index (χ1v) is 23.8. The van der Waals surface area contributed by atoms with Gasteiger partial charge in [-0.3, -0.25) is 71.9 Å². The zero-order valence-corrected chi connectivity index (χ0v) is 44.2. The minimum absolute atomic E-state index is 0.0234. The molecule has 1 atom stereocenters. The number of rotatable bonds is 0. The average molecular weight is 1150 g/mol. The van der Waals surface area contributed by atoms with Gasteiger partial charge in [0, 0.05) is 33.4 Å². The van der Waals surface area contributed by atoms with E-state index in [-0.39, 0.29) is 43.5 Å². The second-order valence-corrected chi connectivity index (χ2v) is 17.7. The summed E-state index contributed by atoms with van der Waals surface area (Å²) in [5.41, 5.74) is -9.02. The largest absolute Gasteiger partial charge is 0.425 e. The Morgan fingerprint density at radius 2 is 0.622 bits per heavy atom. The molecule has 1 unspecified atom stereocenters. The predicted octanol–water partition coefficient (Wildman–Crippen LogP) is -5.10. The molecule has 0 spiro atoms. The normalized spacial score (nSPS) is 16.4. The molecule has 0 saturated heterocycles. The number of hydrogen-bond acceptors (Lipinski definition) is 20. The molecule has 0 saturated carbocycles. The molecule has 8 bridgehead atoms.